The van der Waals surface area contributed by atoms with Crippen LogP contribution in [0.1, 0.15) is 6.92 Å². The summed E-state index contributed by atoms with van der Waals surface area (Å²) < 4.78 is 5.09. The molecule has 0 bridgehead atoms. The fourth-order valence-electron chi connectivity index (χ4n) is 1.61. The van der Waals surface area contributed by atoms with E-state index < -0.39 is 10.2 Å². The normalized spacial score (nSPS) is 11.7. The standard InChI is InChI=1S/C12H13N5O4S/c1-7(22-12-13-6-14-16-12)11(18)15-9-5-8(17(19)20)3-4-10(9)21-2/h3-7H,1-2H3,(H,15,18)(H,13,14,16)/t7-/m0/s1. The number of nitro benzene ring substituents is 1. The zero-order valence-electron chi connectivity index (χ0n) is 11.8. The number of methoxy groups -OCH3 is 1. The SMILES string of the molecule is COc1ccc([N+](=O)[O-])cc1NC(=O)[C@H](C)Sc1ncn[nH]1. The van der Waals surface area contributed by atoms with Crippen LogP contribution < -0.4 is 10.1 Å². The highest BCUT2D eigenvalue weighted by Gasteiger charge is 2.19. The average molecular weight is 323 g/mol. The van der Waals surface area contributed by atoms with Gasteiger partial charge in [-0.1, -0.05) is 11.8 Å². The summed E-state index contributed by atoms with van der Waals surface area (Å²) in [4.78, 5) is 26.4. The van der Waals surface area contributed by atoms with Crippen LogP contribution in [-0.4, -0.2) is 38.4 Å². The number of nitro groups is 1. The van der Waals surface area contributed by atoms with Crippen molar-refractivity contribution in [2.45, 2.75) is 17.3 Å². The number of carbonyl (C=O) groups excluding carboxylic acids is 1. The molecule has 0 saturated carbocycles. The number of nitrogens with one attached hydrogen (secondary N) is 2. The number of anilines is 1. The number of amides is 1. The highest BCUT2D eigenvalue weighted by atomic mass is 32.2. The van der Waals surface area contributed by atoms with Gasteiger partial charge in [-0.3, -0.25) is 20.0 Å². The average Bonchev–Trinajstić information content (AvgIpc) is 2.99. The third-order valence-electron chi connectivity index (χ3n) is 2.70. The summed E-state index contributed by atoms with van der Waals surface area (Å²) in [7, 11) is 1.42. The van der Waals surface area contributed by atoms with Crippen LogP contribution in [0.25, 0.3) is 0 Å². The molecule has 1 aromatic heterocycles. The van der Waals surface area contributed by atoms with Crippen molar-refractivity contribution >= 4 is 29.0 Å². The van der Waals surface area contributed by atoms with Gasteiger partial charge in [0.25, 0.3) is 5.69 Å². The van der Waals surface area contributed by atoms with E-state index in [0.717, 1.165) is 0 Å². The zero-order valence-corrected chi connectivity index (χ0v) is 12.6. The molecular formula is C12H13N5O4S. The number of non-ortho nitro benzene ring substituents is 1. The molecule has 0 saturated heterocycles. The lowest BCUT2D eigenvalue weighted by molar-refractivity contribution is -0.384. The summed E-state index contributed by atoms with van der Waals surface area (Å²) >= 11 is 1.19. The fraction of sp³-hybridized carbons (Fsp3) is 0.250. The van der Waals surface area contributed by atoms with E-state index in [2.05, 4.69) is 20.5 Å². The van der Waals surface area contributed by atoms with Gasteiger partial charge >= 0.3 is 0 Å². The molecule has 2 aromatic rings. The van der Waals surface area contributed by atoms with Crippen LogP contribution in [0.15, 0.2) is 29.7 Å². The first-order valence-corrected chi connectivity index (χ1v) is 7.04. The van der Waals surface area contributed by atoms with E-state index in [4.69, 9.17) is 4.74 Å². The van der Waals surface area contributed by atoms with Gasteiger partial charge in [0.15, 0.2) is 5.16 Å². The number of hydrogen-bond acceptors (Lipinski definition) is 7. The minimum Gasteiger partial charge on any atom is -0.495 e. The second-order valence-electron chi connectivity index (χ2n) is 4.18. The van der Waals surface area contributed by atoms with Gasteiger partial charge in [0.1, 0.15) is 12.1 Å². The topological polar surface area (TPSA) is 123 Å². The summed E-state index contributed by atoms with van der Waals surface area (Å²) in [6, 6.07) is 3.99. The number of aromatic amines is 1. The molecule has 2 N–H and O–H groups in total. The molecule has 0 aliphatic rings. The molecule has 0 spiro atoms. The van der Waals surface area contributed by atoms with Gasteiger partial charge in [0.2, 0.25) is 5.91 Å². The Balaban J connectivity index is 2.12. The molecule has 1 aromatic carbocycles. The Kier molecular flexibility index (Phi) is 4.94. The van der Waals surface area contributed by atoms with E-state index in [1.165, 1.54) is 43.4 Å². The van der Waals surface area contributed by atoms with Gasteiger partial charge in [-0.25, -0.2) is 4.98 Å². The van der Waals surface area contributed by atoms with Crippen LogP contribution in [0.4, 0.5) is 11.4 Å². The second-order valence-corrected chi connectivity index (χ2v) is 5.51. The maximum absolute atomic E-state index is 12.2. The molecule has 0 aliphatic heterocycles. The van der Waals surface area contributed by atoms with Crippen LogP contribution in [-0.2, 0) is 4.79 Å². The molecule has 22 heavy (non-hydrogen) atoms. The molecule has 1 atom stereocenters. The highest BCUT2D eigenvalue weighted by molar-refractivity contribution is 8.00. The number of ether oxygens (including phenoxy) is 1. The molecule has 1 heterocycles. The van der Waals surface area contributed by atoms with Crippen LogP contribution in [0.3, 0.4) is 0 Å². The predicted octanol–water partition coefficient (Wildman–Crippen LogP) is 1.84. The van der Waals surface area contributed by atoms with Crippen molar-refractivity contribution in [3.05, 3.63) is 34.6 Å². The summed E-state index contributed by atoms with van der Waals surface area (Å²) in [6.45, 7) is 1.69. The van der Waals surface area contributed by atoms with E-state index in [1.807, 2.05) is 0 Å². The molecule has 0 unspecified atom stereocenters. The number of thioether (sulfide) groups is 1. The predicted molar refractivity (Wildman–Crippen MR) is 80.0 cm³/mol. The molecule has 0 radical (unpaired) electrons. The molecule has 10 heteroatoms. The largest absolute Gasteiger partial charge is 0.495 e. The minimum atomic E-state index is -0.540. The first-order chi connectivity index (χ1) is 10.5. The number of aromatic nitrogens is 3. The lowest BCUT2D eigenvalue weighted by Gasteiger charge is -2.13. The molecule has 0 aliphatic carbocycles. The first kappa shape index (κ1) is 15.8. The van der Waals surface area contributed by atoms with Crippen molar-refractivity contribution in [2.75, 3.05) is 12.4 Å². The Hall–Kier alpha value is -2.62. The van der Waals surface area contributed by atoms with Gasteiger partial charge in [0, 0.05) is 12.1 Å². The first-order valence-electron chi connectivity index (χ1n) is 6.16. The quantitative estimate of drug-likeness (QED) is 0.472. The van der Waals surface area contributed by atoms with Gasteiger partial charge in [-0.05, 0) is 13.0 Å². The lowest BCUT2D eigenvalue weighted by Crippen LogP contribution is -2.22. The van der Waals surface area contributed by atoms with Crippen LogP contribution in [0.2, 0.25) is 0 Å². The molecule has 2 rings (SSSR count). The van der Waals surface area contributed by atoms with Gasteiger partial charge in [-0.2, -0.15) is 5.10 Å². The zero-order chi connectivity index (χ0) is 16.1. The monoisotopic (exact) mass is 323 g/mol. The van der Waals surface area contributed by atoms with Crippen molar-refractivity contribution < 1.29 is 14.5 Å². The van der Waals surface area contributed by atoms with E-state index >= 15 is 0 Å². The number of hydrogen-bond donors (Lipinski definition) is 2. The van der Waals surface area contributed by atoms with Crippen molar-refractivity contribution in [3.63, 3.8) is 0 Å². The lowest BCUT2D eigenvalue weighted by atomic mass is 10.2. The van der Waals surface area contributed by atoms with Crippen molar-refractivity contribution in [1.29, 1.82) is 0 Å². The Morgan fingerprint density at radius 3 is 2.91 bits per heavy atom. The summed E-state index contributed by atoms with van der Waals surface area (Å²) in [5.74, 6) is 0.0102. The summed E-state index contributed by atoms with van der Waals surface area (Å²) in [5.41, 5.74) is 0.110. The van der Waals surface area contributed by atoms with Crippen LogP contribution in [0.5, 0.6) is 5.75 Å². The van der Waals surface area contributed by atoms with Crippen molar-refractivity contribution in [3.8, 4) is 5.75 Å². The molecule has 116 valence electrons. The number of rotatable bonds is 6. The molecular weight excluding hydrogens is 310 g/mol. The fourth-order valence-corrected chi connectivity index (χ4v) is 2.33. The van der Waals surface area contributed by atoms with Crippen LogP contribution in [0, 0.1) is 10.1 Å². The highest BCUT2D eigenvalue weighted by Crippen LogP contribution is 2.30. The van der Waals surface area contributed by atoms with Crippen molar-refractivity contribution in [2.24, 2.45) is 0 Å². The van der Waals surface area contributed by atoms with Gasteiger partial charge in [-0.15, -0.1) is 0 Å². The Labute approximate surface area is 129 Å². The summed E-state index contributed by atoms with van der Waals surface area (Å²) in [6.07, 6.45) is 1.34. The van der Waals surface area contributed by atoms with Gasteiger partial charge < -0.3 is 10.1 Å². The van der Waals surface area contributed by atoms with E-state index in [-0.39, 0.29) is 17.3 Å². The third kappa shape index (κ3) is 3.73. The van der Waals surface area contributed by atoms with E-state index in [1.54, 1.807) is 6.92 Å². The maximum Gasteiger partial charge on any atom is 0.271 e. The Morgan fingerprint density at radius 1 is 1.55 bits per heavy atom. The van der Waals surface area contributed by atoms with Crippen LogP contribution >= 0.6 is 11.8 Å². The molecule has 9 nitrogen and oxygen atoms in total. The molecule has 0 fully saturated rings. The number of nitrogens with zero attached hydrogens (tertiary/aromatic N) is 3. The number of benzene rings is 1. The Bertz CT molecular complexity index is 676. The maximum atomic E-state index is 12.2. The second kappa shape index (κ2) is 6.89. The van der Waals surface area contributed by atoms with Gasteiger partial charge in [0.05, 0.1) is 23.0 Å². The third-order valence-corrected chi connectivity index (χ3v) is 3.69. The number of H-pyrrole nitrogens is 1. The smallest absolute Gasteiger partial charge is 0.271 e. The summed E-state index contributed by atoms with van der Waals surface area (Å²) in [5, 5.41) is 19.8. The van der Waals surface area contributed by atoms with Crippen molar-refractivity contribution in [1.82, 2.24) is 15.2 Å². The molecule has 1 amide bonds. The van der Waals surface area contributed by atoms with E-state index in [0.29, 0.717) is 10.9 Å². The van der Waals surface area contributed by atoms with E-state index in [9.17, 15) is 14.9 Å². The Morgan fingerprint density at radius 2 is 2.32 bits per heavy atom. The minimum absolute atomic E-state index is 0.133. The number of carbonyl (C=O) groups is 1.